The van der Waals surface area contributed by atoms with Crippen LogP contribution in [-0.4, -0.2) is 43.6 Å². The molecule has 6 heteroatoms. The number of hydrogen-bond donors (Lipinski definition) is 2. The van der Waals surface area contributed by atoms with Crippen LogP contribution < -0.4 is 10.2 Å². The molecule has 2 aliphatic rings. The predicted molar refractivity (Wildman–Crippen MR) is 110 cm³/mol. The zero-order chi connectivity index (χ0) is 20.2. The normalized spacial score (nSPS) is 24.3. The van der Waals surface area contributed by atoms with E-state index < -0.39 is 6.10 Å². The minimum atomic E-state index is -0.424. The van der Waals surface area contributed by atoms with Gasteiger partial charge in [0.1, 0.15) is 11.6 Å². The van der Waals surface area contributed by atoms with Crippen LogP contribution in [0.4, 0.5) is 20.2 Å². The van der Waals surface area contributed by atoms with E-state index in [2.05, 4.69) is 10.2 Å². The number of aliphatic hydroxyl groups is 1. The van der Waals surface area contributed by atoms with Crippen LogP contribution >= 0.6 is 0 Å². The average molecular weight is 402 g/mol. The van der Waals surface area contributed by atoms with Crippen molar-refractivity contribution >= 4 is 11.4 Å². The highest BCUT2D eigenvalue weighted by Gasteiger charge is 2.38. The van der Waals surface area contributed by atoms with Crippen LogP contribution in [0, 0.1) is 23.5 Å². The average Bonchev–Trinajstić information content (AvgIpc) is 2.75. The van der Waals surface area contributed by atoms with E-state index in [1.165, 1.54) is 24.3 Å². The highest BCUT2D eigenvalue weighted by atomic mass is 19.1. The smallest absolute Gasteiger partial charge is 0.123 e. The molecule has 156 valence electrons. The third-order valence-corrected chi connectivity index (χ3v) is 6.22. The molecular weight excluding hydrogens is 374 g/mol. The Bertz CT molecular complexity index is 778. The molecule has 2 aliphatic heterocycles. The van der Waals surface area contributed by atoms with E-state index in [-0.39, 0.29) is 23.6 Å². The van der Waals surface area contributed by atoms with Crippen molar-refractivity contribution in [2.24, 2.45) is 11.8 Å². The second kappa shape index (κ2) is 9.09. The number of nitrogens with zero attached hydrogens (tertiary/aromatic N) is 1. The van der Waals surface area contributed by atoms with Gasteiger partial charge in [-0.2, -0.15) is 0 Å². The van der Waals surface area contributed by atoms with Gasteiger partial charge >= 0.3 is 0 Å². The molecular formula is C23H28F2N2O2. The maximum absolute atomic E-state index is 13.3. The summed E-state index contributed by atoms with van der Waals surface area (Å²) < 4.78 is 32.2. The summed E-state index contributed by atoms with van der Waals surface area (Å²) in [5, 5.41) is 14.5. The maximum atomic E-state index is 13.3. The second-order valence-electron chi connectivity index (χ2n) is 8.07. The van der Waals surface area contributed by atoms with Crippen LogP contribution in [0.3, 0.4) is 0 Å². The molecule has 0 amide bonds. The number of anilines is 2. The molecule has 0 radical (unpaired) electrons. The van der Waals surface area contributed by atoms with E-state index in [4.69, 9.17) is 4.74 Å². The maximum Gasteiger partial charge on any atom is 0.123 e. The summed E-state index contributed by atoms with van der Waals surface area (Å²) in [7, 11) is 0. The minimum absolute atomic E-state index is 0.00181. The number of benzene rings is 2. The van der Waals surface area contributed by atoms with Gasteiger partial charge in [0.2, 0.25) is 0 Å². The zero-order valence-electron chi connectivity index (χ0n) is 16.4. The minimum Gasteiger partial charge on any atom is -0.393 e. The van der Waals surface area contributed by atoms with Crippen molar-refractivity contribution < 1.29 is 18.6 Å². The predicted octanol–water partition coefficient (Wildman–Crippen LogP) is 4.06. The van der Waals surface area contributed by atoms with Gasteiger partial charge in [0.05, 0.1) is 6.10 Å². The lowest BCUT2D eigenvalue weighted by Crippen LogP contribution is -2.53. The molecule has 3 atom stereocenters. The summed E-state index contributed by atoms with van der Waals surface area (Å²) in [4.78, 5) is 2.22. The molecule has 4 nitrogen and oxygen atoms in total. The largest absolute Gasteiger partial charge is 0.393 e. The number of ether oxygens (including phenoxy) is 1. The first-order valence-electron chi connectivity index (χ1n) is 10.4. The van der Waals surface area contributed by atoms with Crippen LogP contribution in [-0.2, 0) is 4.74 Å². The lowest BCUT2D eigenvalue weighted by atomic mass is 9.78. The molecule has 29 heavy (non-hydrogen) atoms. The van der Waals surface area contributed by atoms with Gasteiger partial charge in [0.15, 0.2) is 0 Å². The molecule has 0 spiro atoms. The number of rotatable bonds is 5. The van der Waals surface area contributed by atoms with Crippen molar-refractivity contribution in [2.45, 2.75) is 31.4 Å². The Morgan fingerprint density at radius 3 is 2.21 bits per heavy atom. The van der Waals surface area contributed by atoms with Crippen molar-refractivity contribution in [3.8, 4) is 0 Å². The molecule has 2 aromatic rings. The number of nitrogens with one attached hydrogen (secondary N) is 1. The number of piperidine rings is 1. The summed E-state index contributed by atoms with van der Waals surface area (Å²) in [6.45, 7) is 2.86. The van der Waals surface area contributed by atoms with E-state index in [0.29, 0.717) is 18.9 Å². The first kappa shape index (κ1) is 20.1. The Labute approximate surface area is 170 Å². The van der Waals surface area contributed by atoms with Gasteiger partial charge in [-0.25, -0.2) is 8.78 Å². The van der Waals surface area contributed by atoms with Gasteiger partial charge in [-0.1, -0.05) is 0 Å². The molecule has 2 saturated heterocycles. The van der Waals surface area contributed by atoms with Crippen molar-refractivity contribution in [1.82, 2.24) is 0 Å². The first-order chi connectivity index (χ1) is 14.1. The van der Waals surface area contributed by atoms with Gasteiger partial charge < -0.3 is 20.1 Å². The second-order valence-corrected chi connectivity index (χ2v) is 8.07. The van der Waals surface area contributed by atoms with E-state index >= 15 is 0 Å². The van der Waals surface area contributed by atoms with Crippen LogP contribution in [0.15, 0.2) is 48.5 Å². The number of hydrogen-bond acceptors (Lipinski definition) is 4. The van der Waals surface area contributed by atoms with Crippen molar-refractivity contribution in [3.63, 3.8) is 0 Å². The summed E-state index contributed by atoms with van der Waals surface area (Å²) in [6, 6.07) is 13.0. The highest BCUT2D eigenvalue weighted by Crippen LogP contribution is 2.33. The highest BCUT2D eigenvalue weighted by molar-refractivity contribution is 5.48. The van der Waals surface area contributed by atoms with Gasteiger partial charge in [-0.05, 0) is 73.7 Å². The Kier molecular flexibility index (Phi) is 6.31. The molecule has 2 N–H and O–H groups in total. The molecule has 2 aromatic carbocycles. The fraction of sp³-hybridized carbons (Fsp3) is 0.478. The van der Waals surface area contributed by atoms with Crippen molar-refractivity contribution in [3.05, 3.63) is 60.2 Å². The third kappa shape index (κ3) is 4.87. The lowest BCUT2D eigenvalue weighted by molar-refractivity contribution is 0.0252. The topological polar surface area (TPSA) is 44.7 Å². The van der Waals surface area contributed by atoms with Crippen LogP contribution in [0.25, 0.3) is 0 Å². The SMILES string of the molecule is O[C@@H]1CCN(c2ccc(F)cc2)C[C@H]1[C@H](Nc1ccc(F)cc1)C1CCOCC1. The van der Waals surface area contributed by atoms with Gasteiger partial charge in [-0.3, -0.25) is 0 Å². The van der Waals surface area contributed by atoms with E-state index in [1.54, 1.807) is 24.3 Å². The fourth-order valence-corrected chi connectivity index (χ4v) is 4.60. The van der Waals surface area contributed by atoms with E-state index in [1.807, 2.05) is 0 Å². The van der Waals surface area contributed by atoms with Crippen molar-refractivity contribution in [1.29, 1.82) is 0 Å². The molecule has 0 unspecified atom stereocenters. The molecule has 0 aliphatic carbocycles. The molecule has 0 aromatic heterocycles. The molecule has 2 heterocycles. The Morgan fingerprint density at radius 1 is 0.931 bits per heavy atom. The monoisotopic (exact) mass is 402 g/mol. The summed E-state index contributed by atoms with van der Waals surface area (Å²) in [5.74, 6) is -0.151. The third-order valence-electron chi connectivity index (χ3n) is 6.22. The van der Waals surface area contributed by atoms with Gasteiger partial charge in [0, 0.05) is 49.6 Å². The Hall–Kier alpha value is -2.18. The molecule has 0 saturated carbocycles. The number of aliphatic hydroxyl groups excluding tert-OH is 1. The van der Waals surface area contributed by atoms with E-state index in [0.717, 1.165) is 44.0 Å². The molecule has 2 fully saturated rings. The zero-order valence-corrected chi connectivity index (χ0v) is 16.4. The number of halogens is 2. The molecule has 0 bridgehead atoms. The van der Waals surface area contributed by atoms with Gasteiger partial charge in [0.25, 0.3) is 0 Å². The van der Waals surface area contributed by atoms with Crippen LogP contribution in [0.2, 0.25) is 0 Å². The summed E-state index contributed by atoms with van der Waals surface area (Å²) in [6.07, 6.45) is 2.09. The van der Waals surface area contributed by atoms with Crippen LogP contribution in [0.5, 0.6) is 0 Å². The quantitative estimate of drug-likeness (QED) is 0.792. The van der Waals surface area contributed by atoms with Crippen LogP contribution in [0.1, 0.15) is 19.3 Å². The standard InChI is InChI=1S/C23H28F2N2O2/c24-17-1-5-19(6-2-17)26-23(16-10-13-29-14-11-16)21-15-27(12-9-22(21)28)20-7-3-18(25)4-8-20/h1-8,16,21-23,26,28H,9-15H2/t21-,22-,23-/m1/s1. The Balaban J connectivity index is 1.56. The summed E-state index contributed by atoms with van der Waals surface area (Å²) in [5.41, 5.74) is 1.82. The lowest BCUT2D eigenvalue weighted by Gasteiger charge is -2.45. The summed E-state index contributed by atoms with van der Waals surface area (Å²) >= 11 is 0. The Morgan fingerprint density at radius 2 is 1.55 bits per heavy atom. The van der Waals surface area contributed by atoms with Crippen molar-refractivity contribution in [2.75, 3.05) is 36.5 Å². The van der Waals surface area contributed by atoms with Gasteiger partial charge in [-0.15, -0.1) is 0 Å². The molecule has 4 rings (SSSR count). The fourth-order valence-electron chi connectivity index (χ4n) is 4.60. The van der Waals surface area contributed by atoms with E-state index in [9.17, 15) is 13.9 Å². The first-order valence-corrected chi connectivity index (χ1v) is 10.4.